The van der Waals surface area contributed by atoms with E-state index >= 15 is 0 Å². The second-order valence-corrected chi connectivity index (χ2v) is 5.46. The molecule has 1 atom stereocenters. The van der Waals surface area contributed by atoms with E-state index in [9.17, 15) is 13.2 Å². The molecule has 0 bridgehead atoms. The second kappa shape index (κ2) is 7.47. The first-order valence-corrected chi connectivity index (χ1v) is 7.00. The summed E-state index contributed by atoms with van der Waals surface area (Å²) in [7, 11) is 1.64. The molecular formula is C14H23F3N4. The normalized spacial score (nSPS) is 23.9. The lowest BCUT2D eigenvalue weighted by Gasteiger charge is -2.33. The van der Waals surface area contributed by atoms with Gasteiger partial charge in [-0.1, -0.05) is 0 Å². The first kappa shape index (κ1) is 17.5. The third kappa shape index (κ3) is 5.06. The van der Waals surface area contributed by atoms with Gasteiger partial charge in [-0.2, -0.15) is 18.3 Å². The van der Waals surface area contributed by atoms with E-state index in [2.05, 4.69) is 16.8 Å². The molecule has 1 aliphatic rings. The van der Waals surface area contributed by atoms with Crippen molar-refractivity contribution < 1.29 is 13.2 Å². The number of nitrogens with zero attached hydrogens (tertiary/aromatic N) is 3. The van der Waals surface area contributed by atoms with Crippen molar-refractivity contribution >= 4 is 12.4 Å². The van der Waals surface area contributed by atoms with Crippen LogP contribution in [-0.4, -0.2) is 29.7 Å². The summed E-state index contributed by atoms with van der Waals surface area (Å²) < 4.78 is 39.4. The maximum atomic E-state index is 12.6. The molecular weight excluding hydrogens is 281 g/mol. The summed E-state index contributed by atoms with van der Waals surface area (Å²) in [5.41, 5.74) is 6.18. The Morgan fingerprint density at radius 1 is 1.38 bits per heavy atom. The minimum Gasteiger partial charge on any atom is -0.396 e. The standard InChI is InChI=1S/C12H18F3N3.C2H5N/c1-8(18-7-11(16)6-17-18)9-2-4-10(5-3-9)12(13,14)15;1-3-2/h6-10H,2-5,16H2,1H3;1H2,2H3. The Labute approximate surface area is 123 Å². The zero-order valence-corrected chi connectivity index (χ0v) is 12.5. The molecule has 1 aromatic rings. The number of alkyl halides is 3. The molecule has 2 N–H and O–H groups in total. The Bertz CT molecular complexity index is 434. The van der Waals surface area contributed by atoms with Crippen LogP contribution in [-0.2, 0) is 0 Å². The van der Waals surface area contributed by atoms with Crippen LogP contribution in [0.25, 0.3) is 0 Å². The highest BCUT2D eigenvalue weighted by Crippen LogP contribution is 2.42. The van der Waals surface area contributed by atoms with Gasteiger partial charge in [0.25, 0.3) is 0 Å². The molecule has 0 saturated heterocycles. The molecule has 1 fully saturated rings. The number of aromatic nitrogens is 2. The molecule has 2 rings (SSSR count). The van der Waals surface area contributed by atoms with Gasteiger partial charge < -0.3 is 10.7 Å². The predicted octanol–water partition coefficient (Wildman–Crippen LogP) is 3.71. The van der Waals surface area contributed by atoms with Crippen molar-refractivity contribution in [2.75, 3.05) is 12.8 Å². The molecule has 1 aromatic heterocycles. The number of hydrogen-bond acceptors (Lipinski definition) is 3. The van der Waals surface area contributed by atoms with Gasteiger partial charge in [-0.25, -0.2) is 0 Å². The van der Waals surface area contributed by atoms with Gasteiger partial charge in [0.2, 0.25) is 0 Å². The van der Waals surface area contributed by atoms with E-state index in [0.29, 0.717) is 18.5 Å². The highest BCUT2D eigenvalue weighted by molar-refractivity contribution is 5.30. The van der Waals surface area contributed by atoms with Crippen molar-refractivity contribution in [2.45, 2.75) is 44.8 Å². The Balaban J connectivity index is 0.000000677. The van der Waals surface area contributed by atoms with Gasteiger partial charge in [0.1, 0.15) is 0 Å². The zero-order valence-electron chi connectivity index (χ0n) is 12.5. The number of rotatable bonds is 2. The molecule has 0 amide bonds. The highest BCUT2D eigenvalue weighted by Gasteiger charge is 2.42. The molecule has 1 unspecified atom stereocenters. The number of aliphatic imine (C=N–C) groups is 1. The molecule has 0 spiro atoms. The average Bonchev–Trinajstić information content (AvgIpc) is 2.85. The Hall–Kier alpha value is -1.53. The number of nitrogen functional groups attached to an aromatic ring is 1. The Morgan fingerprint density at radius 3 is 2.29 bits per heavy atom. The Morgan fingerprint density at radius 2 is 1.90 bits per heavy atom. The van der Waals surface area contributed by atoms with E-state index in [1.165, 1.54) is 0 Å². The summed E-state index contributed by atoms with van der Waals surface area (Å²) in [6, 6.07) is 0.108. The number of hydrogen-bond donors (Lipinski definition) is 1. The van der Waals surface area contributed by atoms with E-state index in [0.717, 1.165) is 0 Å². The minimum atomic E-state index is -4.04. The molecule has 1 heterocycles. The third-order valence-electron chi connectivity index (χ3n) is 3.96. The molecule has 21 heavy (non-hydrogen) atoms. The zero-order chi connectivity index (χ0) is 16.0. The van der Waals surface area contributed by atoms with Crippen molar-refractivity contribution in [3.05, 3.63) is 12.4 Å². The van der Waals surface area contributed by atoms with Crippen LogP contribution in [0, 0.1) is 11.8 Å². The summed E-state index contributed by atoms with van der Waals surface area (Å²) in [5.74, 6) is -0.869. The largest absolute Gasteiger partial charge is 0.396 e. The van der Waals surface area contributed by atoms with Crippen LogP contribution in [0.2, 0.25) is 0 Å². The van der Waals surface area contributed by atoms with Crippen LogP contribution in [0.4, 0.5) is 18.9 Å². The van der Waals surface area contributed by atoms with Gasteiger partial charge in [-0.05, 0) is 45.2 Å². The predicted molar refractivity (Wildman–Crippen MR) is 78.3 cm³/mol. The summed E-state index contributed by atoms with van der Waals surface area (Å²) in [4.78, 5) is 3.25. The lowest BCUT2D eigenvalue weighted by atomic mass is 9.78. The number of halogens is 3. The average molecular weight is 304 g/mol. The smallest absolute Gasteiger partial charge is 0.391 e. The van der Waals surface area contributed by atoms with Crippen LogP contribution in [0.15, 0.2) is 17.4 Å². The highest BCUT2D eigenvalue weighted by atomic mass is 19.4. The SMILES string of the molecule is C=NC.CC(C1CCC(C(F)(F)F)CC1)n1cc(N)cn1. The molecule has 120 valence electrons. The van der Waals surface area contributed by atoms with Gasteiger partial charge in [-0.3, -0.25) is 4.68 Å². The van der Waals surface area contributed by atoms with Gasteiger partial charge in [0.05, 0.1) is 23.8 Å². The monoisotopic (exact) mass is 304 g/mol. The summed E-state index contributed by atoms with van der Waals surface area (Å²) in [5, 5.41) is 4.13. The van der Waals surface area contributed by atoms with Crippen LogP contribution in [0.5, 0.6) is 0 Å². The van der Waals surface area contributed by atoms with E-state index in [1.807, 2.05) is 6.92 Å². The second-order valence-electron chi connectivity index (χ2n) is 5.46. The van der Waals surface area contributed by atoms with Crippen LogP contribution < -0.4 is 5.73 Å². The van der Waals surface area contributed by atoms with Crippen molar-refractivity contribution in [2.24, 2.45) is 16.8 Å². The van der Waals surface area contributed by atoms with Gasteiger partial charge >= 0.3 is 6.18 Å². The lowest BCUT2D eigenvalue weighted by molar-refractivity contribution is -0.184. The van der Waals surface area contributed by atoms with Gasteiger partial charge in [0, 0.05) is 13.2 Å². The molecule has 7 heteroatoms. The van der Waals surface area contributed by atoms with E-state index < -0.39 is 12.1 Å². The van der Waals surface area contributed by atoms with Crippen LogP contribution in [0.1, 0.15) is 38.6 Å². The molecule has 0 aliphatic heterocycles. The van der Waals surface area contributed by atoms with Crippen molar-refractivity contribution in [3.63, 3.8) is 0 Å². The quantitative estimate of drug-likeness (QED) is 0.847. The molecule has 1 aliphatic carbocycles. The van der Waals surface area contributed by atoms with Crippen LogP contribution in [0.3, 0.4) is 0 Å². The molecule has 1 saturated carbocycles. The molecule has 4 nitrogen and oxygen atoms in total. The van der Waals surface area contributed by atoms with Crippen molar-refractivity contribution in [1.29, 1.82) is 0 Å². The van der Waals surface area contributed by atoms with E-state index in [1.54, 1.807) is 24.1 Å². The number of nitrogens with two attached hydrogens (primary N) is 1. The lowest BCUT2D eigenvalue weighted by Crippen LogP contribution is -2.30. The van der Waals surface area contributed by atoms with E-state index in [4.69, 9.17) is 5.73 Å². The van der Waals surface area contributed by atoms with Gasteiger partial charge in [0.15, 0.2) is 0 Å². The number of anilines is 1. The first-order chi connectivity index (χ1) is 9.79. The fraction of sp³-hybridized carbons (Fsp3) is 0.714. The summed E-state index contributed by atoms with van der Waals surface area (Å²) in [6.45, 7) is 5.10. The van der Waals surface area contributed by atoms with Crippen molar-refractivity contribution in [3.8, 4) is 0 Å². The van der Waals surface area contributed by atoms with Gasteiger partial charge in [-0.15, -0.1) is 0 Å². The Kier molecular flexibility index (Phi) is 6.23. The fourth-order valence-corrected chi connectivity index (χ4v) is 2.72. The fourth-order valence-electron chi connectivity index (χ4n) is 2.72. The minimum absolute atomic E-state index is 0.108. The first-order valence-electron chi connectivity index (χ1n) is 7.00. The van der Waals surface area contributed by atoms with E-state index in [-0.39, 0.29) is 24.8 Å². The van der Waals surface area contributed by atoms with Crippen LogP contribution >= 0.6 is 0 Å². The molecule has 0 aromatic carbocycles. The summed E-state index contributed by atoms with van der Waals surface area (Å²) in [6.07, 6.45) is 0.934. The maximum Gasteiger partial charge on any atom is 0.391 e. The van der Waals surface area contributed by atoms with Crippen molar-refractivity contribution in [1.82, 2.24) is 9.78 Å². The maximum absolute atomic E-state index is 12.6. The topological polar surface area (TPSA) is 56.2 Å². The molecule has 0 radical (unpaired) electrons. The third-order valence-corrected chi connectivity index (χ3v) is 3.96. The summed E-state index contributed by atoms with van der Waals surface area (Å²) >= 11 is 0.